The molecule has 0 saturated heterocycles. The lowest BCUT2D eigenvalue weighted by atomic mass is 10.1. The number of aryl methyl sites for hydroxylation is 1. The highest BCUT2D eigenvalue weighted by molar-refractivity contribution is 7.90. The summed E-state index contributed by atoms with van der Waals surface area (Å²) in [5.41, 5.74) is 2.27. The number of sulfone groups is 1. The molecule has 0 aliphatic carbocycles. The number of halogens is 1. The summed E-state index contributed by atoms with van der Waals surface area (Å²) >= 11 is 0. The van der Waals surface area contributed by atoms with E-state index >= 15 is 0 Å². The zero-order valence-corrected chi connectivity index (χ0v) is 11.4. The molecule has 1 aromatic heterocycles. The summed E-state index contributed by atoms with van der Waals surface area (Å²) in [7, 11) is -3.56. The molecule has 0 aliphatic heterocycles. The Hall–Kier alpha value is -1.82. The quantitative estimate of drug-likeness (QED) is 0.810. The van der Waals surface area contributed by atoms with Crippen molar-refractivity contribution in [2.45, 2.75) is 18.8 Å². The van der Waals surface area contributed by atoms with Crippen molar-refractivity contribution in [1.29, 1.82) is 0 Å². The number of benzene rings is 1. The Balaban J connectivity index is 2.60. The molecular formula is C13H13FN2O2S. The van der Waals surface area contributed by atoms with Gasteiger partial charge in [-0.3, -0.25) is 0 Å². The predicted molar refractivity (Wildman–Crippen MR) is 70.1 cm³/mol. The van der Waals surface area contributed by atoms with Crippen LogP contribution < -0.4 is 0 Å². The third kappa shape index (κ3) is 3.14. The molecule has 0 fully saturated rings. The summed E-state index contributed by atoms with van der Waals surface area (Å²) in [6.07, 6.45) is 1.00. The molecule has 0 spiro atoms. The lowest BCUT2D eigenvalue weighted by Crippen LogP contribution is -2.07. The SMILES string of the molecule is Cc1ccc(-c2cc(CF)nc(S(C)(=O)=O)n2)cc1. The van der Waals surface area contributed by atoms with Crippen molar-refractivity contribution in [3.63, 3.8) is 0 Å². The molecule has 0 aliphatic rings. The van der Waals surface area contributed by atoms with E-state index in [1.807, 2.05) is 31.2 Å². The maximum atomic E-state index is 12.8. The van der Waals surface area contributed by atoms with Crippen LogP contribution in [0.5, 0.6) is 0 Å². The summed E-state index contributed by atoms with van der Waals surface area (Å²) in [6.45, 7) is 1.11. The first-order valence-corrected chi connectivity index (χ1v) is 7.50. The van der Waals surface area contributed by atoms with Crippen molar-refractivity contribution in [1.82, 2.24) is 9.97 Å². The molecule has 0 saturated carbocycles. The molecule has 6 heteroatoms. The monoisotopic (exact) mass is 280 g/mol. The van der Waals surface area contributed by atoms with Gasteiger partial charge in [0.2, 0.25) is 15.0 Å². The maximum Gasteiger partial charge on any atom is 0.247 e. The molecule has 100 valence electrons. The van der Waals surface area contributed by atoms with E-state index in [0.717, 1.165) is 17.4 Å². The summed E-state index contributed by atoms with van der Waals surface area (Å²) in [5.74, 6) is 0. The highest BCUT2D eigenvalue weighted by Gasteiger charge is 2.15. The van der Waals surface area contributed by atoms with Gasteiger partial charge in [-0.25, -0.2) is 22.8 Å². The molecule has 0 radical (unpaired) electrons. The topological polar surface area (TPSA) is 59.9 Å². The first-order chi connectivity index (χ1) is 8.90. The van der Waals surface area contributed by atoms with E-state index in [1.54, 1.807) is 0 Å². The van der Waals surface area contributed by atoms with E-state index in [2.05, 4.69) is 9.97 Å². The highest BCUT2D eigenvalue weighted by Crippen LogP contribution is 2.20. The molecule has 0 amide bonds. The van der Waals surface area contributed by atoms with Crippen LogP contribution in [0.1, 0.15) is 11.3 Å². The van der Waals surface area contributed by atoms with Crippen molar-refractivity contribution in [3.8, 4) is 11.3 Å². The normalized spacial score (nSPS) is 11.5. The van der Waals surface area contributed by atoms with Gasteiger partial charge in [0.25, 0.3) is 0 Å². The second kappa shape index (κ2) is 5.05. The van der Waals surface area contributed by atoms with Crippen LogP contribution in [-0.4, -0.2) is 24.6 Å². The van der Waals surface area contributed by atoms with Crippen LogP contribution in [0, 0.1) is 6.92 Å². The molecule has 0 atom stereocenters. The minimum Gasteiger partial charge on any atom is -0.244 e. The third-order valence-electron chi connectivity index (χ3n) is 2.57. The molecule has 1 heterocycles. The first-order valence-electron chi connectivity index (χ1n) is 5.61. The Morgan fingerprint density at radius 3 is 2.32 bits per heavy atom. The van der Waals surface area contributed by atoms with E-state index in [-0.39, 0.29) is 10.9 Å². The van der Waals surface area contributed by atoms with Crippen LogP contribution in [0.25, 0.3) is 11.3 Å². The van der Waals surface area contributed by atoms with Gasteiger partial charge in [-0.2, -0.15) is 0 Å². The van der Waals surface area contributed by atoms with Gasteiger partial charge < -0.3 is 0 Å². The number of nitrogens with zero attached hydrogens (tertiary/aromatic N) is 2. The van der Waals surface area contributed by atoms with Crippen LogP contribution >= 0.6 is 0 Å². The van der Waals surface area contributed by atoms with E-state index in [0.29, 0.717) is 5.69 Å². The van der Waals surface area contributed by atoms with Crippen LogP contribution in [0.15, 0.2) is 35.5 Å². The third-order valence-corrected chi connectivity index (χ3v) is 3.42. The molecule has 0 unspecified atom stereocenters. The van der Waals surface area contributed by atoms with Crippen molar-refractivity contribution in [2.75, 3.05) is 6.26 Å². The average molecular weight is 280 g/mol. The van der Waals surface area contributed by atoms with Gasteiger partial charge in [0.15, 0.2) is 0 Å². The summed E-state index contributed by atoms with van der Waals surface area (Å²) in [6, 6.07) is 8.84. The largest absolute Gasteiger partial charge is 0.247 e. The van der Waals surface area contributed by atoms with E-state index in [1.165, 1.54) is 6.07 Å². The summed E-state index contributed by atoms with van der Waals surface area (Å²) in [5, 5.41) is -0.349. The molecule has 0 bridgehead atoms. The van der Waals surface area contributed by atoms with Crippen molar-refractivity contribution >= 4 is 9.84 Å². The maximum absolute atomic E-state index is 12.8. The second-order valence-corrected chi connectivity index (χ2v) is 6.21. The summed E-state index contributed by atoms with van der Waals surface area (Å²) < 4.78 is 35.8. The van der Waals surface area contributed by atoms with Gasteiger partial charge in [0, 0.05) is 11.8 Å². The molecule has 4 nitrogen and oxygen atoms in total. The lowest BCUT2D eigenvalue weighted by molar-refractivity contribution is 0.471. The van der Waals surface area contributed by atoms with Crippen LogP contribution in [-0.2, 0) is 16.5 Å². The van der Waals surface area contributed by atoms with E-state index < -0.39 is 16.5 Å². The lowest BCUT2D eigenvalue weighted by Gasteiger charge is -2.05. The van der Waals surface area contributed by atoms with Crippen molar-refractivity contribution in [2.24, 2.45) is 0 Å². The van der Waals surface area contributed by atoms with Crippen LogP contribution in [0.4, 0.5) is 4.39 Å². The van der Waals surface area contributed by atoms with E-state index in [9.17, 15) is 12.8 Å². The minimum atomic E-state index is -3.56. The Morgan fingerprint density at radius 2 is 1.79 bits per heavy atom. The second-order valence-electron chi connectivity index (χ2n) is 4.30. The zero-order chi connectivity index (χ0) is 14.0. The van der Waals surface area contributed by atoms with E-state index in [4.69, 9.17) is 0 Å². The van der Waals surface area contributed by atoms with Crippen molar-refractivity contribution in [3.05, 3.63) is 41.6 Å². The fourth-order valence-electron chi connectivity index (χ4n) is 1.58. The van der Waals surface area contributed by atoms with Gasteiger partial charge in [-0.05, 0) is 13.0 Å². The van der Waals surface area contributed by atoms with Gasteiger partial charge in [-0.15, -0.1) is 0 Å². The number of hydrogen-bond acceptors (Lipinski definition) is 4. The molecule has 0 N–H and O–H groups in total. The van der Waals surface area contributed by atoms with Gasteiger partial charge in [-0.1, -0.05) is 29.8 Å². The Bertz CT molecular complexity index is 697. The molecule has 2 rings (SSSR count). The van der Waals surface area contributed by atoms with Gasteiger partial charge in [0.05, 0.1) is 11.4 Å². The Morgan fingerprint density at radius 1 is 1.16 bits per heavy atom. The zero-order valence-electron chi connectivity index (χ0n) is 10.6. The molecular weight excluding hydrogens is 267 g/mol. The fourth-order valence-corrected chi connectivity index (χ4v) is 2.13. The first kappa shape index (κ1) is 13.6. The number of aromatic nitrogens is 2. The Kier molecular flexibility index (Phi) is 3.61. The van der Waals surface area contributed by atoms with Crippen molar-refractivity contribution < 1.29 is 12.8 Å². The smallest absolute Gasteiger partial charge is 0.244 e. The molecule has 1 aromatic carbocycles. The summed E-state index contributed by atoms with van der Waals surface area (Å²) in [4.78, 5) is 7.68. The molecule has 2 aromatic rings. The number of rotatable bonds is 3. The van der Waals surface area contributed by atoms with Crippen LogP contribution in [0.2, 0.25) is 0 Å². The fraction of sp³-hybridized carbons (Fsp3) is 0.231. The van der Waals surface area contributed by atoms with Gasteiger partial charge >= 0.3 is 0 Å². The predicted octanol–water partition coefficient (Wildman–Crippen LogP) is 2.33. The highest BCUT2D eigenvalue weighted by atomic mass is 32.2. The molecule has 19 heavy (non-hydrogen) atoms. The standard InChI is InChI=1S/C13H13FN2O2S/c1-9-3-5-10(6-4-9)12-7-11(8-14)15-13(16-12)19(2,17)18/h3-7H,8H2,1-2H3. The average Bonchev–Trinajstić information content (AvgIpc) is 2.38. The minimum absolute atomic E-state index is 0.0611. The Labute approximate surface area is 111 Å². The number of hydrogen-bond donors (Lipinski definition) is 0. The number of alkyl halides is 1. The van der Waals surface area contributed by atoms with Crippen LogP contribution in [0.3, 0.4) is 0 Å². The van der Waals surface area contributed by atoms with Gasteiger partial charge in [0.1, 0.15) is 6.67 Å².